The van der Waals surface area contributed by atoms with Crippen molar-refractivity contribution in [3.63, 3.8) is 0 Å². The maximum Gasteiger partial charge on any atom is 0.241 e. The lowest BCUT2D eigenvalue weighted by Gasteiger charge is -2.21. The first-order valence-corrected chi connectivity index (χ1v) is 9.06. The van der Waals surface area contributed by atoms with Gasteiger partial charge in [0.25, 0.3) is 0 Å². The zero-order valence-corrected chi connectivity index (χ0v) is 15.9. The normalized spacial score (nSPS) is 12.9. The Morgan fingerprint density at radius 1 is 0.962 bits per heavy atom. The number of anilines is 1. The van der Waals surface area contributed by atoms with E-state index in [-0.39, 0.29) is 18.0 Å². The summed E-state index contributed by atoms with van der Waals surface area (Å²) in [6, 6.07) is 15.0. The highest BCUT2D eigenvalue weighted by atomic mass is 16.5. The number of ether oxygens (including phenoxy) is 2. The van der Waals surface area contributed by atoms with Gasteiger partial charge in [-0.2, -0.15) is 0 Å². The number of para-hydroxylation sites is 1. The van der Waals surface area contributed by atoms with Crippen molar-refractivity contribution in [3.8, 4) is 11.5 Å². The summed E-state index contributed by atoms with van der Waals surface area (Å²) >= 11 is 0. The van der Waals surface area contributed by atoms with E-state index in [1.807, 2.05) is 76.2 Å². The summed E-state index contributed by atoms with van der Waals surface area (Å²) in [4.78, 5) is 12.4. The van der Waals surface area contributed by atoms with E-state index in [2.05, 4.69) is 10.6 Å². The predicted octanol–water partition coefficient (Wildman–Crippen LogP) is 4.16. The summed E-state index contributed by atoms with van der Waals surface area (Å²) in [5.74, 6) is 1.39. The fourth-order valence-corrected chi connectivity index (χ4v) is 2.66. The van der Waals surface area contributed by atoms with Crippen LogP contribution in [0, 0.1) is 0 Å². The Morgan fingerprint density at radius 3 is 2.27 bits per heavy atom. The van der Waals surface area contributed by atoms with Crippen molar-refractivity contribution < 1.29 is 14.3 Å². The van der Waals surface area contributed by atoms with Crippen molar-refractivity contribution in [3.05, 3.63) is 54.1 Å². The Balaban J connectivity index is 2.02. The standard InChI is InChI=1S/C21H28N2O3/c1-5-25-19-13-12-17(14-20(19)26-6-2)15(3)22-16(4)21(24)23-18-10-8-7-9-11-18/h7-16,22H,5-6H2,1-4H3,(H,23,24)/t15-,16+/m1/s1. The van der Waals surface area contributed by atoms with Crippen molar-refractivity contribution in [2.75, 3.05) is 18.5 Å². The number of hydrogen-bond donors (Lipinski definition) is 2. The van der Waals surface area contributed by atoms with Gasteiger partial charge >= 0.3 is 0 Å². The minimum absolute atomic E-state index is 0.0126. The maximum atomic E-state index is 12.4. The van der Waals surface area contributed by atoms with E-state index >= 15 is 0 Å². The van der Waals surface area contributed by atoms with Gasteiger partial charge in [-0.15, -0.1) is 0 Å². The SMILES string of the molecule is CCOc1ccc([C@@H](C)N[C@@H](C)C(=O)Nc2ccccc2)cc1OCC. The highest BCUT2D eigenvalue weighted by Gasteiger charge is 2.18. The molecule has 0 saturated carbocycles. The second kappa shape index (κ2) is 9.82. The molecule has 26 heavy (non-hydrogen) atoms. The molecule has 0 bridgehead atoms. The van der Waals surface area contributed by atoms with Crippen LogP contribution in [0.15, 0.2) is 48.5 Å². The molecule has 0 aliphatic carbocycles. The zero-order chi connectivity index (χ0) is 18.9. The van der Waals surface area contributed by atoms with Gasteiger partial charge in [0.1, 0.15) is 0 Å². The lowest BCUT2D eigenvalue weighted by Crippen LogP contribution is -2.39. The average molecular weight is 356 g/mol. The minimum atomic E-state index is -0.340. The number of carbonyl (C=O) groups is 1. The largest absolute Gasteiger partial charge is 0.490 e. The first-order valence-electron chi connectivity index (χ1n) is 9.06. The topological polar surface area (TPSA) is 59.6 Å². The zero-order valence-electron chi connectivity index (χ0n) is 15.9. The summed E-state index contributed by atoms with van der Waals surface area (Å²) in [5, 5.41) is 6.24. The monoisotopic (exact) mass is 356 g/mol. The first-order chi connectivity index (χ1) is 12.5. The quantitative estimate of drug-likeness (QED) is 0.708. The van der Waals surface area contributed by atoms with Crippen molar-refractivity contribution in [1.82, 2.24) is 5.32 Å². The number of carbonyl (C=O) groups excluding carboxylic acids is 1. The molecule has 1 amide bonds. The van der Waals surface area contributed by atoms with Gasteiger partial charge in [0.15, 0.2) is 11.5 Å². The molecule has 0 heterocycles. The second-order valence-corrected chi connectivity index (χ2v) is 6.04. The molecular formula is C21H28N2O3. The minimum Gasteiger partial charge on any atom is -0.490 e. The van der Waals surface area contributed by atoms with Gasteiger partial charge in [-0.25, -0.2) is 0 Å². The van der Waals surface area contributed by atoms with Gasteiger partial charge in [0.2, 0.25) is 5.91 Å². The van der Waals surface area contributed by atoms with Crippen LogP contribution in [0.5, 0.6) is 11.5 Å². The summed E-state index contributed by atoms with van der Waals surface area (Å²) in [7, 11) is 0. The van der Waals surface area contributed by atoms with Crippen LogP contribution in [-0.2, 0) is 4.79 Å². The van der Waals surface area contributed by atoms with Gasteiger partial charge in [0, 0.05) is 11.7 Å². The van der Waals surface area contributed by atoms with Crippen molar-refractivity contribution in [2.24, 2.45) is 0 Å². The second-order valence-electron chi connectivity index (χ2n) is 6.04. The van der Waals surface area contributed by atoms with Crippen LogP contribution >= 0.6 is 0 Å². The number of hydrogen-bond acceptors (Lipinski definition) is 4. The molecular weight excluding hydrogens is 328 g/mol. The van der Waals surface area contributed by atoms with Crippen LogP contribution in [0.1, 0.15) is 39.3 Å². The molecule has 0 aliphatic rings. The number of rotatable bonds is 9. The molecule has 2 aromatic rings. The summed E-state index contributed by atoms with van der Waals surface area (Å²) in [5.41, 5.74) is 1.83. The molecule has 0 aromatic heterocycles. The summed E-state index contributed by atoms with van der Waals surface area (Å²) in [6.45, 7) is 8.93. The van der Waals surface area contributed by atoms with Crippen molar-refractivity contribution >= 4 is 11.6 Å². The highest BCUT2D eigenvalue weighted by molar-refractivity contribution is 5.94. The third-order valence-corrected chi connectivity index (χ3v) is 4.00. The number of benzene rings is 2. The molecule has 0 saturated heterocycles. The van der Waals surface area contributed by atoms with E-state index in [4.69, 9.17) is 9.47 Å². The highest BCUT2D eigenvalue weighted by Crippen LogP contribution is 2.30. The molecule has 0 unspecified atom stereocenters. The van der Waals surface area contributed by atoms with Crippen LogP contribution in [0.4, 0.5) is 5.69 Å². The summed E-state index contributed by atoms with van der Waals surface area (Å²) < 4.78 is 11.3. The molecule has 0 spiro atoms. The Labute approximate surface area is 155 Å². The van der Waals surface area contributed by atoms with E-state index in [1.54, 1.807) is 0 Å². The van der Waals surface area contributed by atoms with Crippen LogP contribution < -0.4 is 20.1 Å². The lowest BCUT2D eigenvalue weighted by atomic mass is 10.1. The Bertz CT molecular complexity index is 704. The maximum absolute atomic E-state index is 12.4. The Hall–Kier alpha value is -2.53. The third-order valence-electron chi connectivity index (χ3n) is 4.00. The Morgan fingerprint density at radius 2 is 1.62 bits per heavy atom. The lowest BCUT2D eigenvalue weighted by molar-refractivity contribution is -0.117. The average Bonchev–Trinajstić information content (AvgIpc) is 2.64. The smallest absolute Gasteiger partial charge is 0.241 e. The molecule has 0 aliphatic heterocycles. The third kappa shape index (κ3) is 5.49. The first kappa shape index (κ1) is 19.8. The molecule has 5 nitrogen and oxygen atoms in total. The molecule has 0 radical (unpaired) electrons. The Kier molecular flexibility index (Phi) is 7.48. The number of nitrogens with one attached hydrogen (secondary N) is 2. The van der Waals surface area contributed by atoms with E-state index < -0.39 is 0 Å². The fourth-order valence-electron chi connectivity index (χ4n) is 2.66. The van der Waals surface area contributed by atoms with Gasteiger partial charge in [-0.1, -0.05) is 24.3 Å². The van der Waals surface area contributed by atoms with Gasteiger partial charge in [-0.05, 0) is 57.5 Å². The molecule has 2 aromatic carbocycles. The van der Waals surface area contributed by atoms with Crippen LogP contribution in [-0.4, -0.2) is 25.2 Å². The molecule has 0 fully saturated rings. The summed E-state index contributed by atoms with van der Waals surface area (Å²) in [6.07, 6.45) is 0. The predicted molar refractivity (Wildman–Crippen MR) is 105 cm³/mol. The molecule has 140 valence electrons. The molecule has 5 heteroatoms. The number of amides is 1. The van der Waals surface area contributed by atoms with Gasteiger partial charge in [0.05, 0.1) is 19.3 Å². The van der Waals surface area contributed by atoms with Gasteiger partial charge < -0.3 is 14.8 Å². The van der Waals surface area contributed by atoms with E-state index in [0.29, 0.717) is 13.2 Å². The molecule has 2 rings (SSSR count). The van der Waals surface area contributed by atoms with Crippen molar-refractivity contribution in [2.45, 2.75) is 39.8 Å². The molecule has 2 atom stereocenters. The van der Waals surface area contributed by atoms with E-state index in [9.17, 15) is 4.79 Å². The fraction of sp³-hybridized carbons (Fsp3) is 0.381. The van der Waals surface area contributed by atoms with Crippen molar-refractivity contribution in [1.29, 1.82) is 0 Å². The van der Waals surface area contributed by atoms with E-state index in [0.717, 1.165) is 22.7 Å². The van der Waals surface area contributed by atoms with E-state index in [1.165, 1.54) is 0 Å². The van der Waals surface area contributed by atoms with Crippen LogP contribution in [0.25, 0.3) is 0 Å². The van der Waals surface area contributed by atoms with Crippen LogP contribution in [0.2, 0.25) is 0 Å². The molecule has 2 N–H and O–H groups in total. The van der Waals surface area contributed by atoms with Gasteiger partial charge in [-0.3, -0.25) is 10.1 Å². The van der Waals surface area contributed by atoms with Crippen LogP contribution in [0.3, 0.4) is 0 Å².